The fourth-order valence-corrected chi connectivity index (χ4v) is 3.49. The van der Waals surface area contributed by atoms with E-state index in [4.69, 9.17) is 14.2 Å². The average Bonchev–Trinajstić information content (AvgIpc) is 2.61. The number of nitrogens with zero attached hydrogens (tertiary/aromatic N) is 1. The molecule has 0 fully saturated rings. The number of hydrogen-bond acceptors (Lipinski definition) is 3. The Morgan fingerprint density at radius 3 is 2.08 bits per heavy atom. The minimum Gasteiger partial charge on any atom is -1.00 e. The Balaban J connectivity index is 0.00000225. The van der Waals surface area contributed by atoms with Crippen LogP contribution in [0.15, 0.2) is 36.4 Å². The smallest absolute Gasteiger partial charge is 0.205 e. The van der Waals surface area contributed by atoms with Crippen molar-refractivity contribution in [1.29, 1.82) is 0 Å². The summed E-state index contributed by atoms with van der Waals surface area (Å²) in [6, 6.07) is 12.7. The summed E-state index contributed by atoms with van der Waals surface area (Å²) in [5, 5.41) is 0. The summed E-state index contributed by atoms with van der Waals surface area (Å²) in [6.07, 6.45) is 0.957. The molecule has 0 radical (unpaired) electrons. The molecule has 25 heavy (non-hydrogen) atoms. The van der Waals surface area contributed by atoms with Crippen molar-refractivity contribution in [3.05, 3.63) is 47.5 Å². The molecular formula is C20H24ClNO3. The van der Waals surface area contributed by atoms with Crippen LogP contribution in [-0.2, 0) is 6.42 Å². The molecule has 0 spiro atoms. The van der Waals surface area contributed by atoms with Crippen LogP contribution in [0.2, 0.25) is 0 Å². The predicted octanol–water partition coefficient (Wildman–Crippen LogP) is 0.814. The largest absolute Gasteiger partial charge is 1.00 e. The van der Waals surface area contributed by atoms with Gasteiger partial charge in [0.1, 0.15) is 5.75 Å². The third kappa shape index (κ3) is 3.45. The predicted molar refractivity (Wildman–Crippen MR) is 95.4 cm³/mol. The highest BCUT2D eigenvalue weighted by molar-refractivity contribution is 5.98. The van der Waals surface area contributed by atoms with Crippen molar-refractivity contribution < 1.29 is 31.2 Å². The molecule has 0 aliphatic carbocycles. The van der Waals surface area contributed by atoms with E-state index in [-0.39, 0.29) is 12.4 Å². The van der Waals surface area contributed by atoms with Crippen molar-refractivity contribution in [2.24, 2.45) is 0 Å². The first-order valence-corrected chi connectivity index (χ1v) is 8.11. The number of rotatable bonds is 4. The number of halogens is 1. The van der Waals surface area contributed by atoms with Crippen LogP contribution in [0.3, 0.4) is 0 Å². The zero-order valence-electron chi connectivity index (χ0n) is 15.3. The summed E-state index contributed by atoms with van der Waals surface area (Å²) in [6.45, 7) is 4.40. The van der Waals surface area contributed by atoms with Gasteiger partial charge in [0, 0.05) is 31.0 Å². The first kappa shape index (κ1) is 19.1. The zero-order valence-corrected chi connectivity index (χ0v) is 16.1. The Morgan fingerprint density at radius 2 is 1.52 bits per heavy atom. The molecule has 2 aromatic carbocycles. The van der Waals surface area contributed by atoms with Gasteiger partial charge in [-0.05, 0) is 36.8 Å². The number of hydrogen-bond donors (Lipinski definition) is 0. The number of fused-ring (bicyclic) bond motifs is 1. The SMILES string of the molecule is COc1ccc([N+]2=C(C)c3cc(OC)c(OC)cc3CC2C)cc1.[Cl-]. The molecule has 134 valence electrons. The van der Waals surface area contributed by atoms with Crippen molar-refractivity contribution in [2.75, 3.05) is 21.3 Å². The fraction of sp³-hybridized carbons (Fsp3) is 0.350. The maximum Gasteiger partial charge on any atom is 0.205 e. The Morgan fingerprint density at radius 1 is 0.920 bits per heavy atom. The Labute approximate surface area is 155 Å². The molecular weight excluding hydrogens is 338 g/mol. The molecule has 0 saturated heterocycles. The van der Waals surface area contributed by atoms with Gasteiger partial charge < -0.3 is 26.6 Å². The van der Waals surface area contributed by atoms with Crippen molar-refractivity contribution in [1.82, 2.24) is 0 Å². The van der Waals surface area contributed by atoms with E-state index in [1.54, 1.807) is 21.3 Å². The van der Waals surface area contributed by atoms with Gasteiger partial charge in [0.2, 0.25) is 5.69 Å². The van der Waals surface area contributed by atoms with Crippen LogP contribution in [0, 0.1) is 0 Å². The first-order valence-electron chi connectivity index (χ1n) is 8.11. The van der Waals surface area contributed by atoms with Crippen LogP contribution >= 0.6 is 0 Å². The quantitative estimate of drug-likeness (QED) is 0.755. The van der Waals surface area contributed by atoms with E-state index in [9.17, 15) is 0 Å². The van der Waals surface area contributed by atoms with E-state index in [1.807, 2.05) is 12.1 Å². The van der Waals surface area contributed by atoms with Crippen LogP contribution in [0.1, 0.15) is 25.0 Å². The van der Waals surface area contributed by atoms with Crippen LogP contribution < -0.4 is 26.6 Å². The molecule has 0 aromatic heterocycles. The maximum atomic E-state index is 5.48. The van der Waals surface area contributed by atoms with Crippen molar-refractivity contribution in [2.45, 2.75) is 26.3 Å². The molecule has 1 atom stereocenters. The second-order valence-electron chi connectivity index (χ2n) is 6.07. The van der Waals surface area contributed by atoms with Crippen molar-refractivity contribution in [3.8, 4) is 17.2 Å². The van der Waals surface area contributed by atoms with E-state index >= 15 is 0 Å². The zero-order chi connectivity index (χ0) is 17.3. The molecule has 1 unspecified atom stereocenters. The molecule has 5 heteroatoms. The standard InChI is InChI=1S/C20H24NO3.ClH/c1-13-10-15-11-19(23-4)20(24-5)12-18(15)14(2)21(13)16-6-8-17(22-3)9-7-16;/h6-9,11-13H,10H2,1-5H3;1H/q+1;/p-1. The number of ether oxygens (including phenoxy) is 3. The Kier molecular flexibility index (Phi) is 5.96. The Hall–Kier alpha value is -2.20. The van der Waals surface area contributed by atoms with E-state index in [0.717, 1.165) is 23.7 Å². The van der Waals surface area contributed by atoms with Gasteiger partial charge in [-0.25, -0.2) is 0 Å². The molecule has 0 bridgehead atoms. The first-order chi connectivity index (χ1) is 11.6. The fourth-order valence-electron chi connectivity index (χ4n) is 3.49. The molecule has 1 heterocycles. The highest BCUT2D eigenvalue weighted by atomic mass is 35.5. The topological polar surface area (TPSA) is 30.7 Å². The lowest BCUT2D eigenvalue weighted by atomic mass is 9.92. The third-order valence-corrected chi connectivity index (χ3v) is 4.67. The van der Waals surface area contributed by atoms with Gasteiger partial charge in [0.25, 0.3) is 0 Å². The maximum absolute atomic E-state index is 5.48. The summed E-state index contributed by atoms with van der Waals surface area (Å²) >= 11 is 0. The summed E-state index contributed by atoms with van der Waals surface area (Å²) in [4.78, 5) is 0. The minimum atomic E-state index is 0. The number of benzene rings is 2. The molecule has 1 aliphatic heterocycles. The van der Waals surface area contributed by atoms with Gasteiger partial charge in [-0.15, -0.1) is 0 Å². The van der Waals surface area contributed by atoms with Gasteiger partial charge >= 0.3 is 0 Å². The second kappa shape index (κ2) is 7.79. The van der Waals surface area contributed by atoms with Gasteiger partial charge in [-0.2, -0.15) is 4.58 Å². The summed E-state index contributed by atoms with van der Waals surface area (Å²) in [5.74, 6) is 2.42. The van der Waals surface area contributed by atoms with Crippen molar-refractivity contribution >= 4 is 11.4 Å². The van der Waals surface area contributed by atoms with Crippen molar-refractivity contribution in [3.63, 3.8) is 0 Å². The normalized spacial score (nSPS) is 16.0. The molecule has 2 aromatic rings. The lowest BCUT2D eigenvalue weighted by Crippen LogP contribution is -3.00. The second-order valence-corrected chi connectivity index (χ2v) is 6.07. The number of methoxy groups -OCH3 is 3. The minimum absolute atomic E-state index is 0. The van der Waals surface area contributed by atoms with Gasteiger partial charge in [0.15, 0.2) is 23.3 Å². The Bertz CT molecular complexity index is 784. The molecule has 0 saturated carbocycles. The summed E-state index contributed by atoms with van der Waals surface area (Å²) < 4.78 is 18.6. The highest BCUT2D eigenvalue weighted by Gasteiger charge is 2.31. The molecule has 4 nitrogen and oxygen atoms in total. The van der Waals surface area contributed by atoms with Crippen LogP contribution in [-0.4, -0.2) is 37.7 Å². The van der Waals surface area contributed by atoms with Gasteiger partial charge in [-0.3, -0.25) is 0 Å². The lowest BCUT2D eigenvalue weighted by Gasteiger charge is -2.23. The van der Waals surface area contributed by atoms with E-state index in [0.29, 0.717) is 6.04 Å². The average molecular weight is 362 g/mol. The summed E-state index contributed by atoms with van der Waals surface area (Å²) in [5.41, 5.74) is 4.89. The van der Waals surface area contributed by atoms with E-state index in [2.05, 4.69) is 42.7 Å². The van der Waals surface area contributed by atoms with Crippen LogP contribution in [0.4, 0.5) is 5.69 Å². The molecule has 0 amide bonds. The van der Waals surface area contributed by atoms with Gasteiger partial charge in [-0.1, -0.05) is 0 Å². The molecule has 0 N–H and O–H groups in total. The van der Waals surface area contributed by atoms with Gasteiger partial charge in [0.05, 0.1) is 21.3 Å². The summed E-state index contributed by atoms with van der Waals surface area (Å²) in [7, 11) is 5.04. The lowest BCUT2D eigenvalue weighted by molar-refractivity contribution is -0.482. The molecule has 3 rings (SSSR count). The monoisotopic (exact) mass is 361 g/mol. The van der Waals surface area contributed by atoms with E-state index < -0.39 is 0 Å². The van der Waals surface area contributed by atoms with Crippen LogP contribution in [0.25, 0.3) is 0 Å². The molecule has 1 aliphatic rings. The third-order valence-electron chi connectivity index (χ3n) is 4.67. The van der Waals surface area contributed by atoms with E-state index in [1.165, 1.54) is 22.5 Å². The van der Waals surface area contributed by atoms with Crippen LogP contribution in [0.5, 0.6) is 17.2 Å². The highest BCUT2D eigenvalue weighted by Crippen LogP contribution is 2.35.